The molecule has 2 aromatic heterocycles. The van der Waals surface area contributed by atoms with E-state index in [0.29, 0.717) is 36.2 Å². The molecule has 2 aromatic rings. The number of aromatic nitrogens is 3. The molecule has 1 saturated heterocycles. The van der Waals surface area contributed by atoms with Gasteiger partial charge < -0.3 is 14.3 Å². The summed E-state index contributed by atoms with van der Waals surface area (Å²) in [6, 6.07) is 5.58. The Morgan fingerprint density at radius 1 is 1.38 bits per heavy atom. The third-order valence-corrected chi connectivity index (χ3v) is 4.64. The molecule has 0 saturated carbocycles. The number of likely N-dealkylation sites (tertiary alicyclic amines) is 1. The highest BCUT2D eigenvalue weighted by atomic mass is 16.5. The number of hydrogen-bond acceptors (Lipinski definition) is 6. The molecule has 0 spiro atoms. The highest BCUT2D eigenvalue weighted by molar-refractivity contribution is 5.76. The summed E-state index contributed by atoms with van der Waals surface area (Å²) in [5, 5.41) is 3.96. The first-order valence-corrected chi connectivity index (χ1v) is 9.28. The number of aryl methyl sites for hydroxylation is 1. The van der Waals surface area contributed by atoms with Crippen molar-refractivity contribution in [2.75, 3.05) is 33.7 Å². The van der Waals surface area contributed by atoms with Crippen LogP contribution in [0.25, 0.3) is 11.5 Å². The number of pyridine rings is 1. The number of carbonyl (C=O) groups is 1. The zero-order chi connectivity index (χ0) is 18.4. The van der Waals surface area contributed by atoms with Crippen molar-refractivity contribution in [3.8, 4) is 11.5 Å². The Kier molecular flexibility index (Phi) is 6.33. The Balaban J connectivity index is 1.44. The monoisotopic (exact) mass is 357 g/mol. The second-order valence-corrected chi connectivity index (χ2v) is 7.19. The molecule has 0 radical (unpaired) electrons. The summed E-state index contributed by atoms with van der Waals surface area (Å²) in [5.74, 6) is 1.87. The summed E-state index contributed by atoms with van der Waals surface area (Å²) in [6.07, 6.45) is 5.86. The number of nitrogens with zero attached hydrogens (tertiary/aromatic N) is 5. The van der Waals surface area contributed by atoms with Crippen LogP contribution in [-0.4, -0.2) is 64.6 Å². The van der Waals surface area contributed by atoms with Gasteiger partial charge in [0, 0.05) is 38.7 Å². The minimum Gasteiger partial charge on any atom is -0.342 e. The van der Waals surface area contributed by atoms with Gasteiger partial charge in [-0.1, -0.05) is 11.2 Å². The molecule has 140 valence electrons. The van der Waals surface area contributed by atoms with E-state index in [2.05, 4.69) is 34.1 Å². The standard InChI is InChI=1S/C19H27N5O2/c1-23(2)13-15-7-6-12-24(14-15)18(25)10-5-9-17-21-19(22-26-17)16-8-3-4-11-20-16/h3-4,8,11,15H,5-7,9-10,12-14H2,1-2H3/t15-/m0/s1. The third kappa shape index (κ3) is 5.11. The van der Waals surface area contributed by atoms with Crippen LogP contribution in [0.1, 0.15) is 31.6 Å². The number of rotatable bonds is 7. The van der Waals surface area contributed by atoms with Crippen LogP contribution in [0.15, 0.2) is 28.9 Å². The summed E-state index contributed by atoms with van der Waals surface area (Å²) in [7, 11) is 4.18. The largest absolute Gasteiger partial charge is 0.342 e. The number of hydrogen-bond donors (Lipinski definition) is 0. The van der Waals surface area contributed by atoms with Crippen LogP contribution in [0.4, 0.5) is 0 Å². The zero-order valence-corrected chi connectivity index (χ0v) is 15.6. The number of piperidine rings is 1. The highest BCUT2D eigenvalue weighted by Crippen LogP contribution is 2.19. The van der Waals surface area contributed by atoms with E-state index in [1.54, 1.807) is 6.20 Å². The van der Waals surface area contributed by atoms with Gasteiger partial charge in [-0.2, -0.15) is 4.98 Å². The maximum atomic E-state index is 12.5. The first-order chi connectivity index (χ1) is 12.6. The van der Waals surface area contributed by atoms with Gasteiger partial charge in [0.1, 0.15) is 5.69 Å². The van der Waals surface area contributed by atoms with Gasteiger partial charge in [0.2, 0.25) is 17.6 Å². The van der Waals surface area contributed by atoms with E-state index in [4.69, 9.17) is 4.52 Å². The molecule has 3 heterocycles. The van der Waals surface area contributed by atoms with Crippen molar-refractivity contribution in [2.45, 2.75) is 32.1 Å². The van der Waals surface area contributed by atoms with Gasteiger partial charge in [0.25, 0.3) is 0 Å². The van der Waals surface area contributed by atoms with Crippen LogP contribution < -0.4 is 0 Å². The Bertz CT molecular complexity index is 701. The van der Waals surface area contributed by atoms with Gasteiger partial charge in [0.15, 0.2) is 0 Å². The van der Waals surface area contributed by atoms with E-state index in [1.807, 2.05) is 23.1 Å². The normalized spacial score (nSPS) is 17.7. The molecular weight excluding hydrogens is 330 g/mol. The molecule has 0 aromatic carbocycles. The van der Waals surface area contributed by atoms with Crippen LogP contribution in [0.2, 0.25) is 0 Å². The maximum Gasteiger partial charge on any atom is 0.227 e. The Labute approximate surface area is 154 Å². The smallest absolute Gasteiger partial charge is 0.227 e. The van der Waals surface area contributed by atoms with E-state index >= 15 is 0 Å². The molecule has 0 unspecified atom stereocenters. The lowest BCUT2D eigenvalue weighted by Gasteiger charge is -2.34. The van der Waals surface area contributed by atoms with Crippen LogP contribution in [0, 0.1) is 5.92 Å². The van der Waals surface area contributed by atoms with Crippen LogP contribution >= 0.6 is 0 Å². The minimum atomic E-state index is 0.234. The number of amides is 1. The van der Waals surface area contributed by atoms with Crippen molar-refractivity contribution in [3.05, 3.63) is 30.3 Å². The lowest BCUT2D eigenvalue weighted by molar-refractivity contribution is -0.133. The Morgan fingerprint density at radius 3 is 3.04 bits per heavy atom. The van der Waals surface area contributed by atoms with E-state index in [1.165, 1.54) is 6.42 Å². The van der Waals surface area contributed by atoms with Gasteiger partial charge in [-0.25, -0.2) is 0 Å². The molecule has 0 bridgehead atoms. The van der Waals surface area contributed by atoms with Gasteiger partial charge in [-0.05, 0) is 51.4 Å². The zero-order valence-electron chi connectivity index (χ0n) is 15.6. The van der Waals surface area contributed by atoms with Crippen molar-refractivity contribution < 1.29 is 9.32 Å². The quantitative estimate of drug-likeness (QED) is 0.757. The van der Waals surface area contributed by atoms with E-state index in [0.717, 1.165) is 32.5 Å². The van der Waals surface area contributed by atoms with Crippen molar-refractivity contribution in [1.29, 1.82) is 0 Å². The summed E-state index contributed by atoms with van der Waals surface area (Å²) < 4.78 is 5.28. The molecule has 0 aliphatic carbocycles. The molecule has 1 aliphatic heterocycles. The van der Waals surface area contributed by atoms with E-state index < -0.39 is 0 Å². The van der Waals surface area contributed by atoms with Gasteiger partial charge >= 0.3 is 0 Å². The molecular formula is C19H27N5O2. The fourth-order valence-corrected chi connectivity index (χ4v) is 3.46. The van der Waals surface area contributed by atoms with Crippen LogP contribution in [-0.2, 0) is 11.2 Å². The van der Waals surface area contributed by atoms with E-state index in [9.17, 15) is 4.79 Å². The molecule has 7 nitrogen and oxygen atoms in total. The van der Waals surface area contributed by atoms with Gasteiger partial charge in [-0.15, -0.1) is 0 Å². The van der Waals surface area contributed by atoms with Crippen LogP contribution in [0.5, 0.6) is 0 Å². The Morgan fingerprint density at radius 2 is 2.27 bits per heavy atom. The maximum absolute atomic E-state index is 12.5. The third-order valence-electron chi connectivity index (χ3n) is 4.64. The molecule has 1 aliphatic rings. The predicted octanol–water partition coefficient (Wildman–Crippen LogP) is 2.25. The second kappa shape index (κ2) is 8.89. The summed E-state index contributed by atoms with van der Waals surface area (Å²) >= 11 is 0. The molecule has 0 N–H and O–H groups in total. The van der Waals surface area contributed by atoms with E-state index in [-0.39, 0.29) is 5.91 Å². The Hall–Kier alpha value is -2.28. The average Bonchev–Trinajstić information content (AvgIpc) is 3.11. The number of carbonyl (C=O) groups excluding carboxylic acids is 1. The van der Waals surface area contributed by atoms with Crippen molar-refractivity contribution in [3.63, 3.8) is 0 Å². The molecule has 26 heavy (non-hydrogen) atoms. The molecule has 1 amide bonds. The lowest BCUT2D eigenvalue weighted by atomic mass is 9.97. The minimum absolute atomic E-state index is 0.234. The topological polar surface area (TPSA) is 75.4 Å². The summed E-state index contributed by atoms with van der Waals surface area (Å²) in [6.45, 7) is 2.80. The SMILES string of the molecule is CN(C)C[C@@H]1CCCN(C(=O)CCCc2nc(-c3ccccn3)no2)C1. The van der Waals surface area contributed by atoms with Crippen molar-refractivity contribution in [2.24, 2.45) is 5.92 Å². The van der Waals surface area contributed by atoms with Crippen molar-refractivity contribution in [1.82, 2.24) is 24.9 Å². The first kappa shape index (κ1) is 18.5. The summed E-state index contributed by atoms with van der Waals surface area (Å²) in [5.41, 5.74) is 0.693. The van der Waals surface area contributed by atoms with Crippen LogP contribution in [0.3, 0.4) is 0 Å². The fraction of sp³-hybridized carbons (Fsp3) is 0.579. The molecule has 3 rings (SSSR count). The molecule has 7 heteroatoms. The summed E-state index contributed by atoms with van der Waals surface area (Å²) in [4.78, 5) is 25.3. The van der Waals surface area contributed by atoms with Gasteiger partial charge in [-0.3, -0.25) is 9.78 Å². The van der Waals surface area contributed by atoms with Gasteiger partial charge in [0.05, 0.1) is 0 Å². The second-order valence-electron chi connectivity index (χ2n) is 7.19. The van der Waals surface area contributed by atoms with Crippen molar-refractivity contribution >= 4 is 5.91 Å². The molecule has 1 fully saturated rings. The predicted molar refractivity (Wildman–Crippen MR) is 98.3 cm³/mol. The highest BCUT2D eigenvalue weighted by Gasteiger charge is 2.23. The lowest BCUT2D eigenvalue weighted by Crippen LogP contribution is -2.42. The molecule has 1 atom stereocenters. The fourth-order valence-electron chi connectivity index (χ4n) is 3.46. The first-order valence-electron chi connectivity index (χ1n) is 9.28. The average molecular weight is 357 g/mol.